The monoisotopic (exact) mass is 416 g/mol. The van der Waals surface area contributed by atoms with Crippen molar-refractivity contribution in [1.29, 1.82) is 5.26 Å². The van der Waals surface area contributed by atoms with Crippen molar-refractivity contribution in [3.05, 3.63) is 82.2 Å². The van der Waals surface area contributed by atoms with Crippen LogP contribution in [0.1, 0.15) is 38.4 Å². The number of benzene rings is 2. The van der Waals surface area contributed by atoms with E-state index in [4.69, 9.17) is 14.7 Å². The van der Waals surface area contributed by atoms with Gasteiger partial charge in [0.25, 0.3) is 0 Å². The van der Waals surface area contributed by atoms with Crippen molar-refractivity contribution in [3.8, 4) is 17.5 Å². The molecule has 6 heteroatoms. The van der Waals surface area contributed by atoms with Gasteiger partial charge in [-0.15, -0.1) is 0 Å². The van der Waals surface area contributed by atoms with E-state index < -0.39 is 5.97 Å². The molecule has 0 fully saturated rings. The predicted molar refractivity (Wildman–Crippen MR) is 117 cm³/mol. The summed E-state index contributed by atoms with van der Waals surface area (Å²) in [7, 11) is 0. The lowest BCUT2D eigenvalue weighted by Gasteiger charge is -2.12. The molecule has 0 aliphatic rings. The zero-order chi connectivity index (χ0) is 22.5. The summed E-state index contributed by atoms with van der Waals surface area (Å²) < 4.78 is 12.4. The van der Waals surface area contributed by atoms with Crippen molar-refractivity contribution >= 4 is 11.8 Å². The average Bonchev–Trinajstić information content (AvgIpc) is 3.07. The number of ether oxygens (including phenoxy) is 2. The third-order valence-electron chi connectivity index (χ3n) is 5.18. The van der Waals surface area contributed by atoms with E-state index in [0.717, 1.165) is 17.1 Å². The normalized spacial score (nSPS) is 10.4. The zero-order valence-corrected chi connectivity index (χ0v) is 18.1. The van der Waals surface area contributed by atoms with Gasteiger partial charge in [-0.3, -0.25) is 4.79 Å². The molecule has 0 N–H and O–H groups in total. The van der Waals surface area contributed by atoms with E-state index in [9.17, 15) is 9.59 Å². The van der Waals surface area contributed by atoms with E-state index in [-0.39, 0.29) is 19.0 Å². The Morgan fingerprint density at radius 3 is 2.29 bits per heavy atom. The fourth-order valence-corrected chi connectivity index (χ4v) is 3.34. The van der Waals surface area contributed by atoms with E-state index in [2.05, 4.69) is 26.0 Å². The van der Waals surface area contributed by atoms with E-state index >= 15 is 0 Å². The highest BCUT2D eigenvalue weighted by atomic mass is 16.6. The fraction of sp³-hybridized carbons (Fsp3) is 0.240. The molecule has 31 heavy (non-hydrogen) atoms. The van der Waals surface area contributed by atoms with Gasteiger partial charge >= 0.3 is 5.97 Å². The molecule has 2 aromatic carbocycles. The molecule has 3 rings (SSSR count). The van der Waals surface area contributed by atoms with Gasteiger partial charge < -0.3 is 14.0 Å². The molecule has 1 aromatic heterocycles. The number of aryl methyl sites for hydroxylation is 3. The molecular weight excluding hydrogens is 392 g/mol. The third kappa shape index (κ3) is 5.01. The molecular formula is C25H24N2O4. The molecule has 0 saturated carbocycles. The summed E-state index contributed by atoms with van der Waals surface area (Å²) in [5.74, 6) is -0.463. The Bertz CT molecular complexity index is 1170. The maximum atomic E-state index is 12.7. The number of carbonyl (C=O) groups is 2. The number of nitriles is 1. The highest BCUT2D eigenvalue weighted by molar-refractivity contribution is 5.99. The second kappa shape index (κ2) is 9.31. The molecule has 158 valence electrons. The second-order valence-electron chi connectivity index (χ2n) is 7.40. The molecule has 6 nitrogen and oxygen atoms in total. The van der Waals surface area contributed by atoms with Crippen molar-refractivity contribution in [2.24, 2.45) is 0 Å². The quantitative estimate of drug-likeness (QED) is 0.422. The molecule has 0 atom stereocenters. The summed E-state index contributed by atoms with van der Waals surface area (Å²) in [5, 5.41) is 8.79. The molecule has 0 bridgehead atoms. The van der Waals surface area contributed by atoms with Crippen LogP contribution in [0, 0.1) is 39.0 Å². The topological polar surface area (TPSA) is 81.3 Å². The van der Waals surface area contributed by atoms with Crippen LogP contribution in [0.2, 0.25) is 0 Å². The zero-order valence-electron chi connectivity index (χ0n) is 18.1. The highest BCUT2D eigenvalue weighted by Crippen LogP contribution is 2.23. The first-order chi connectivity index (χ1) is 14.8. The number of hydrogen-bond donors (Lipinski definition) is 0. The number of aromatic nitrogens is 1. The van der Waals surface area contributed by atoms with Crippen molar-refractivity contribution in [1.82, 2.24) is 4.57 Å². The number of esters is 1. The lowest BCUT2D eigenvalue weighted by atomic mass is 10.1. The van der Waals surface area contributed by atoms with Crippen LogP contribution in [0.25, 0.3) is 5.69 Å². The van der Waals surface area contributed by atoms with E-state index in [1.807, 2.05) is 36.6 Å². The van der Waals surface area contributed by atoms with Crippen LogP contribution in [0.3, 0.4) is 0 Å². The summed E-state index contributed by atoms with van der Waals surface area (Å²) in [6.07, 6.45) is 0. The maximum absolute atomic E-state index is 12.7. The Balaban J connectivity index is 1.62. The predicted octanol–water partition coefficient (Wildman–Crippen LogP) is 4.39. The van der Waals surface area contributed by atoms with Gasteiger partial charge in [-0.1, -0.05) is 6.07 Å². The van der Waals surface area contributed by atoms with E-state index in [1.165, 1.54) is 11.1 Å². The Kier molecular flexibility index (Phi) is 6.56. The van der Waals surface area contributed by atoms with Gasteiger partial charge in [0.05, 0.1) is 11.6 Å². The first-order valence-corrected chi connectivity index (χ1v) is 9.88. The van der Waals surface area contributed by atoms with Crippen LogP contribution >= 0.6 is 0 Å². The standard InChI is InChI=1S/C25H24N2O4/c1-16-5-8-21(11-17(16)2)27-18(3)12-23(19(27)4)24(28)14-31-25(29)15-30-22-9-6-20(13-26)7-10-22/h5-12H,14-15H2,1-4H3. The molecule has 0 unspecified atom stereocenters. The fourth-order valence-electron chi connectivity index (χ4n) is 3.34. The third-order valence-corrected chi connectivity index (χ3v) is 5.18. The lowest BCUT2D eigenvalue weighted by Crippen LogP contribution is -2.19. The van der Waals surface area contributed by atoms with Crippen LogP contribution in [0.4, 0.5) is 0 Å². The van der Waals surface area contributed by atoms with Crippen LogP contribution in [0.15, 0.2) is 48.5 Å². The second-order valence-corrected chi connectivity index (χ2v) is 7.40. The van der Waals surface area contributed by atoms with Crippen LogP contribution in [-0.2, 0) is 9.53 Å². The molecule has 3 aromatic rings. The molecule has 0 spiro atoms. The number of ketones is 1. The van der Waals surface area contributed by atoms with E-state index in [0.29, 0.717) is 16.9 Å². The Labute approximate surface area is 181 Å². The van der Waals surface area contributed by atoms with Gasteiger partial charge in [0.1, 0.15) is 5.75 Å². The van der Waals surface area contributed by atoms with Crippen LogP contribution < -0.4 is 4.74 Å². The number of rotatable bonds is 7. The minimum absolute atomic E-state index is 0.269. The van der Waals surface area contributed by atoms with Crippen molar-refractivity contribution < 1.29 is 19.1 Å². The lowest BCUT2D eigenvalue weighted by molar-refractivity contribution is -0.144. The van der Waals surface area contributed by atoms with Crippen LogP contribution in [0.5, 0.6) is 5.75 Å². The summed E-state index contributed by atoms with van der Waals surface area (Å²) >= 11 is 0. The smallest absolute Gasteiger partial charge is 0.344 e. The van der Waals surface area contributed by atoms with Crippen molar-refractivity contribution in [3.63, 3.8) is 0 Å². The Morgan fingerprint density at radius 2 is 1.65 bits per heavy atom. The molecule has 0 aliphatic heterocycles. The number of Topliss-reactive ketones (excluding diaryl/α,β-unsaturated/α-hetero) is 1. The minimum atomic E-state index is -0.638. The van der Waals surface area contributed by atoms with Gasteiger partial charge in [0.15, 0.2) is 13.2 Å². The summed E-state index contributed by atoms with van der Waals surface area (Å²) in [6.45, 7) is 7.26. The molecule has 0 aliphatic carbocycles. The molecule has 0 saturated heterocycles. The first kappa shape index (κ1) is 21.8. The summed E-state index contributed by atoms with van der Waals surface area (Å²) in [5.41, 5.74) is 6.13. The minimum Gasteiger partial charge on any atom is -0.482 e. The Hall–Kier alpha value is -3.85. The highest BCUT2D eigenvalue weighted by Gasteiger charge is 2.18. The van der Waals surface area contributed by atoms with Gasteiger partial charge in [-0.05, 0) is 81.3 Å². The molecule has 0 radical (unpaired) electrons. The van der Waals surface area contributed by atoms with Gasteiger partial charge in [-0.25, -0.2) is 4.79 Å². The first-order valence-electron chi connectivity index (χ1n) is 9.88. The van der Waals surface area contributed by atoms with Crippen LogP contribution in [-0.4, -0.2) is 29.5 Å². The number of hydrogen-bond acceptors (Lipinski definition) is 5. The Morgan fingerprint density at radius 1 is 0.935 bits per heavy atom. The molecule has 0 amide bonds. The van der Waals surface area contributed by atoms with Gasteiger partial charge in [0.2, 0.25) is 5.78 Å². The average molecular weight is 416 g/mol. The summed E-state index contributed by atoms with van der Waals surface area (Å²) in [4.78, 5) is 24.6. The molecule has 1 heterocycles. The largest absolute Gasteiger partial charge is 0.482 e. The van der Waals surface area contributed by atoms with Crippen molar-refractivity contribution in [2.45, 2.75) is 27.7 Å². The maximum Gasteiger partial charge on any atom is 0.344 e. The van der Waals surface area contributed by atoms with Crippen molar-refractivity contribution in [2.75, 3.05) is 13.2 Å². The van der Waals surface area contributed by atoms with E-state index in [1.54, 1.807) is 24.3 Å². The number of nitrogens with zero attached hydrogens (tertiary/aromatic N) is 2. The van der Waals surface area contributed by atoms with Gasteiger partial charge in [-0.2, -0.15) is 5.26 Å². The van der Waals surface area contributed by atoms with Gasteiger partial charge in [0, 0.05) is 22.6 Å². The number of carbonyl (C=O) groups excluding carboxylic acids is 2. The SMILES string of the molecule is Cc1ccc(-n2c(C)cc(C(=O)COC(=O)COc3ccc(C#N)cc3)c2C)cc1C. The summed E-state index contributed by atoms with van der Waals surface area (Å²) in [6, 6.07) is 16.4.